The van der Waals surface area contributed by atoms with Crippen LogP contribution in [0.4, 0.5) is 0 Å². The van der Waals surface area contributed by atoms with E-state index in [1.165, 1.54) is 5.56 Å². The molecule has 0 saturated carbocycles. The molecule has 2 rings (SSSR count). The van der Waals surface area contributed by atoms with Gasteiger partial charge < -0.3 is 10.1 Å². The van der Waals surface area contributed by atoms with Crippen molar-refractivity contribution >= 4 is 5.97 Å². The highest BCUT2D eigenvalue weighted by Crippen LogP contribution is 2.04. The van der Waals surface area contributed by atoms with E-state index in [1.54, 1.807) is 0 Å². The Hall–Kier alpha value is -1.39. The smallest absolute Gasteiger partial charge is 0.307 e. The zero-order valence-corrected chi connectivity index (χ0v) is 9.82. The maximum Gasteiger partial charge on any atom is 0.307 e. The molecule has 17 heavy (non-hydrogen) atoms. The van der Waals surface area contributed by atoms with E-state index in [4.69, 9.17) is 4.74 Å². The van der Waals surface area contributed by atoms with E-state index in [0.717, 1.165) is 19.5 Å². The minimum atomic E-state index is -0.174. The molecule has 4 heteroatoms. The molecule has 0 aliphatic carbocycles. The predicted molar refractivity (Wildman–Crippen MR) is 65.5 cm³/mol. The van der Waals surface area contributed by atoms with Gasteiger partial charge in [0.05, 0.1) is 0 Å². The zero-order chi connectivity index (χ0) is 11.9. The van der Waals surface area contributed by atoms with Gasteiger partial charge in [0.2, 0.25) is 0 Å². The molecule has 1 aromatic carbocycles. The van der Waals surface area contributed by atoms with Crippen LogP contribution in [0.3, 0.4) is 0 Å². The molecular weight excluding hydrogens is 216 g/mol. The van der Waals surface area contributed by atoms with Gasteiger partial charge in [0.1, 0.15) is 0 Å². The van der Waals surface area contributed by atoms with Crippen molar-refractivity contribution in [2.45, 2.75) is 19.1 Å². The largest absolute Gasteiger partial charge is 0.445 e. The highest BCUT2D eigenvalue weighted by atomic mass is 16.6. The Morgan fingerprint density at radius 3 is 2.82 bits per heavy atom. The van der Waals surface area contributed by atoms with E-state index in [1.807, 2.05) is 30.3 Å². The normalized spacial score (nSPS) is 19.9. The second kappa shape index (κ2) is 6.37. The molecule has 1 fully saturated rings. The van der Waals surface area contributed by atoms with Gasteiger partial charge in [-0.3, -0.25) is 10.1 Å². The Bertz CT molecular complexity index is 348. The average molecular weight is 234 g/mol. The Kier molecular flexibility index (Phi) is 4.53. The first-order chi connectivity index (χ1) is 8.34. The molecule has 0 bridgehead atoms. The van der Waals surface area contributed by atoms with Crippen LogP contribution in [0.1, 0.15) is 12.0 Å². The van der Waals surface area contributed by atoms with Crippen molar-refractivity contribution in [3.63, 3.8) is 0 Å². The van der Waals surface area contributed by atoms with Gasteiger partial charge in [0.15, 0.2) is 6.23 Å². The molecular formula is C13H18N2O2. The molecule has 2 N–H and O–H groups in total. The summed E-state index contributed by atoms with van der Waals surface area (Å²) < 4.78 is 5.30. The molecule has 0 amide bonds. The maximum atomic E-state index is 11.6. The summed E-state index contributed by atoms with van der Waals surface area (Å²) in [6.07, 6.45) is 0.995. The van der Waals surface area contributed by atoms with E-state index < -0.39 is 0 Å². The molecule has 1 unspecified atom stereocenters. The van der Waals surface area contributed by atoms with Crippen LogP contribution >= 0.6 is 0 Å². The standard InChI is InChI=1S/C13H18N2O2/c16-13(17-12-10-14-8-9-15-12)7-6-11-4-2-1-3-5-11/h1-5,12,14-15H,6-10H2. The summed E-state index contributed by atoms with van der Waals surface area (Å²) in [6.45, 7) is 2.46. The van der Waals surface area contributed by atoms with Gasteiger partial charge in [-0.1, -0.05) is 30.3 Å². The van der Waals surface area contributed by atoms with Crippen molar-refractivity contribution < 1.29 is 9.53 Å². The molecule has 1 aliphatic rings. The molecule has 4 nitrogen and oxygen atoms in total. The molecule has 1 heterocycles. The number of carbonyl (C=O) groups excluding carboxylic acids is 1. The highest BCUT2D eigenvalue weighted by Gasteiger charge is 2.15. The SMILES string of the molecule is O=C(CCc1ccccc1)OC1CNCCN1. The molecule has 1 aromatic rings. The Morgan fingerprint density at radius 2 is 2.12 bits per heavy atom. The van der Waals surface area contributed by atoms with Gasteiger partial charge in [-0.05, 0) is 12.0 Å². The third-order valence-corrected chi connectivity index (χ3v) is 2.74. The van der Waals surface area contributed by atoms with Crippen LogP contribution in [0.25, 0.3) is 0 Å². The lowest BCUT2D eigenvalue weighted by Gasteiger charge is -2.24. The van der Waals surface area contributed by atoms with Crippen molar-refractivity contribution in [1.29, 1.82) is 0 Å². The minimum Gasteiger partial charge on any atom is -0.445 e. The second-order valence-electron chi connectivity index (χ2n) is 4.12. The van der Waals surface area contributed by atoms with Crippen molar-refractivity contribution in [2.75, 3.05) is 19.6 Å². The first kappa shape index (κ1) is 12.1. The monoisotopic (exact) mass is 234 g/mol. The lowest BCUT2D eigenvalue weighted by atomic mass is 10.1. The van der Waals surface area contributed by atoms with Crippen LogP contribution in [0, 0.1) is 0 Å². The van der Waals surface area contributed by atoms with Gasteiger partial charge in [-0.15, -0.1) is 0 Å². The van der Waals surface area contributed by atoms with Gasteiger partial charge >= 0.3 is 5.97 Å². The third-order valence-electron chi connectivity index (χ3n) is 2.74. The number of aryl methyl sites for hydroxylation is 1. The van der Waals surface area contributed by atoms with Gasteiger partial charge in [0, 0.05) is 26.1 Å². The summed E-state index contributed by atoms with van der Waals surface area (Å²) in [5.74, 6) is -0.143. The van der Waals surface area contributed by atoms with E-state index in [-0.39, 0.29) is 12.2 Å². The lowest BCUT2D eigenvalue weighted by Crippen LogP contribution is -2.50. The molecule has 1 aliphatic heterocycles. The summed E-state index contributed by atoms with van der Waals surface area (Å²) in [4.78, 5) is 11.6. The number of hydrogen-bond acceptors (Lipinski definition) is 4. The van der Waals surface area contributed by atoms with Crippen molar-refractivity contribution in [3.05, 3.63) is 35.9 Å². The van der Waals surface area contributed by atoms with Crippen LogP contribution in [0.5, 0.6) is 0 Å². The summed E-state index contributed by atoms with van der Waals surface area (Å²) in [5.41, 5.74) is 1.17. The first-order valence-electron chi connectivity index (χ1n) is 6.02. The number of esters is 1. The van der Waals surface area contributed by atoms with Crippen LogP contribution in [0.15, 0.2) is 30.3 Å². The lowest BCUT2D eigenvalue weighted by molar-refractivity contribution is -0.151. The Balaban J connectivity index is 1.70. The number of piperazine rings is 1. The Morgan fingerprint density at radius 1 is 1.29 bits per heavy atom. The van der Waals surface area contributed by atoms with Gasteiger partial charge in [-0.25, -0.2) is 0 Å². The molecule has 0 aromatic heterocycles. The van der Waals surface area contributed by atoms with Gasteiger partial charge in [-0.2, -0.15) is 0 Å². The summed E-state index contributed by atoms with van der Waals surface area (Å²) in [6, 6.07) is 9.97. The molecule has 0 radical (unpaired) electrons. The maximum absolute atomic E-state index is 11.6. The third kappa shape index (κ3) is 4.17. The van der Waals surface area contributed by atoms with Crippen LogP contribution < -0.4 is 10.6 Å². The quantitative estimate of drug-likeness (QED) is 0.752. The molecule has 92 valence electrons. The first-order valence-corrected chi connectivity index (χ1v) is 6.02. The van der Waals surface area contributed by atoms with Crippen molar-refractivity contribution in [2.24, 2.45) is 0 Å². The van der Waals surface area contributed by atoms with E-state index >= 15 is 0 Å². The zero-order valence-electron chi connectivity index (χ0n) is 9.82. The van der Waals surface area contributed by atoms with E-state index in [2.05, 4.69) is 10.6 Å². The number of carbonyl (C=O) groups is 1. The summed E-state index contributed by atoms with van der Waals surface area (Å²) in [7, 11) is 0. The number of hydrogen-bond donors (Lipinski definition) is 2. The molecule has 1 atom stereocenters. The topological polar surface area (TPSA) is 50.4 Å². The molecule has 1 saturated heterocycles. The van der Waals surface area contributed by atoms with Crippen molar-refractivity contribution in [3.8, 4) is 0 Å². The van der Waals surface area contributed by atoms with E-state index in [0.29, 0.717) is 13.0 Å². The van der Waals surface area contributed by atoms with Crippen LogP contribution in [0.2, 0.25) is 0 Å². The van der Waals surface area contributed by atoms with Crippen LogP contribution in [-0.2, 0) is 16.0 Å². The fourth-order valence-electron chi connectivity index (χ4n) is 1.82. The minimum absolute atomic E-state index is 0.143. The highest BCUT2D eigenvalue weighted by molar-refractivity contribution is 5.69. The number of rotatable bonds is 4. The fraction of sp³-hybridized carbons (Fsp3) is 0.462. The second-order valence-corrected chi connectivity index (χ2v) is 4.12. The fourth-order valence-corrected chi connectivity index (χ4v) is 1.82. The molecule has 0 spiro atoms. The van der Waals surface area contributed by atoms with Gasteiger partial charge in [0.25, 0.3) is 0 Å². The average Bonchev–Trinajstić information content (AvgIpc) is 2.39. The van der Waals surface area contributed by atoms with E-state index in [9.17, 15) is 4.79 Å². The number of benzene rings is 1. The van der Waals surface area contributed by atoms with Crippen molar-refractivity contribution in [1.82, 2.24) is 10.6 Å². The predicted octanol–water partition coefficient (Wildman–Crippen LogP) is 0.681. The Labute approximate surface area is 101 Å². The van der Waals surface area contributed by atoms with Crippen LogP contribution in [-0.4, -0.2) is 31.8 Å². The summed E-state index contributed by atoms with van der Waals surface area (Å²) >= 11 is 0. The number of ether oxygens (including phenoxy) is 1. The summed E-state index contributed by atoms with van der Waals surface area (Å²) in [5, 5.41) is 6.32. The number of nitrogens with one attached hydrogen (secondary N) is 2.